The van der Waals surface area contributed by atoms with Crippen molar-refractivity contribution in [3.8, 4) is 0 Å². The molecule has 74 valence electrons. The minimum absolute atomic E-state index is 0.133. The van der Waals surface area contributed by atoms with Crippen LogP contribution in [0, 0.1) is 0 Å². The summed E-state index contributed by atoms with van der Waals surface area (Å²) < 4.78 is 99.5. The maximum atomic E-state index is 8.05. The smallest absolute Gasteiger partial charge is 0.0819 e. The second kappa shape index (κ2) is 3.84. The molecule has 0 amide bonds. The van der Waals surface area contributed by atoms with E-state index >= 15 is 0 Å². The van der Waals surface area contributed by atoms with Crippen LogP contribution < -0.4 is 0 Å². The summed E-state index contributed by atoms with van der Waals surface area (Å²) in [6, 6.07) is -2.14. The molecule has 0 radical (unpaired) electrons. The molecule has 2 heteroatoms. The van der Waals surface area contributed by atoms with Crippen molar-refractivity contribution < 1.29 is 17.8 Å². The minimum atomic E-state index is -3.30. The van der Waals surface area contributed by atoms with E-state index in [0.717, 1.165) is 0 Å². The maximum absolute atomic E-state index is 8.05. The summed E-state index contributed by atoms with van der Waals surface area (Å²) in [6.45, 7) is -9.57. The van der Waals surface area contributed by atoms with Crippen molar-refractivity contribution in [2.75, 3.05) is 20.4 Å². The first-order valence-electron chi connectivity index (χ1n) is 10.4. The Labute approximate surface area is 103 Å². The molecule has 1 N–H and O–H groups in total. The predicted octanol–water partition coefficient (Wildman–Crippen LogP) is 2.27. The molecule has 1 aromatic carbocycles. The van der Waals surface area contributed by atoms with Gasteiger partial charge in [0.05, 0.1) is 6.85 Å². The lowest BCUT2D eigenvalue weighted by atomic mass is 10.1. The Balaban J connectivity index is 2.69. The van der Waals surface area contributed by atoms with E-state index in [4.69, 9.17) is 17.8 Å². The number of aromatic amines is 1. The van der Waals surface area contributed by atoms with E-state index in [2.05, 4.69) is 4.98 Å². The highest BCUT2D eigenvalue weighted by atomic mass is 15.0. The van der Waals surface area contributed by atoms with Crippen molar-refractivity contribution in [2.45, 2.75) is 6.42 Å². The van der Waals surface area contributed by atoms with Gasteiger partial charge in [-0.15, -0.1) is 0 Å². The van der Waals surface area contributed by atoms with Crippen LogP contribution in [0.1, 0.15) is 23.4 Å². The summed E-state index contributed by atoms with van der Waals surface area (Å²) >= 11 is 0. The number of hydrogen-bond donors (Lipinski definition) is 1. The van der Waals surface area contributed by atoms with E-state index in [1.165, 1.54) is 0 Å². The Bertz CT molecular complexity index is 863. The number of hydrogen-bond acceptors (Lipinski definition) is 1. The molecule has 0 aliphatic heterocycles. The SMILES string of the molecule is [2H]c1[nH]c2c([2H])c([2H])c([2H])c([2H])c2c1CC([2H])([2H])N(C([2H])([2H])[2H])C([2H])([2H])[2H]. The van der Waals surface area contributed by atoms with E-state index in [1.54, 1.807) is 0 Å². The van der Waals surface area contributed by atoms with Gasteiger partial charge in [0.1, 0.15) is 0 Å². The number of aryl methyl sites for hydroxylation is 1. The molecule has 1 aromatic heterocycles. The van der Waals surface area contributed by atoms with Crippen LogP contribution in [0.3, 0.4) is 0 Å². The van der Waals surface area contributed by atoms with Crippen LogP contribution in [0.4, 0.5) is 0 Å². The lowest BCUT2D eigenvalue weighted by molar-refractivity contribution is 0.414. The van der Waals surface area contributed by atoms with Gasteiger partial charge < -0.3 is 9.88 Å². The van der Waals surface area contributed by atoms with E-state index in [9.17, 15) is 0 Å². The number of H-pyrrole nitrogens is 1. The highest BCUT2D eigenvalue weighted by Gasteiger charge is 2.02. The molecule has 0 saturated heterocycles. The molecule has 1 heterocycles. The van der Waals surface area contributed by atoms with Crippen LogP contribution in [-0.4, -0.2) is 30.3 Å². The summed E-state index contributed by atoms with van der Waals surface area (Å²) in [5, 5.41) is -0.175. The Hall–Kier alpha value is -1.28. The number of aromatic nitrogens is 1. The molecule has 2 rings (SSSR count). The van der Waals surface area contributed by atoms with Crippen molar-refractivity contribution in [2.24, 2.45) is 0 Å². The molecule has 0 saturated carbocycles. The molecular weight excluding hydrogens is 172 g/mol. The molecule has 0 bridgehead atoms. The molecular formula is C12H16N2. The number of nitrogens with one attached hydrogen (secondary N) is 1. The van der Waals surface area contributed by atoms with E-state index in [-0.39, 0.29) is 21.4 Å². The summed E-state index contributed by atoms with van der Waals surface area (Å²) in [6.07, 6.45) is -1.33. The van der Waals surface area contributed by atoms with E-state index in [1.807, 2.05) is 0 Å². The first-order chi connectivity index (χ1) is 12.0. The summed E-state index contributed by atoms with van der Waals surface area (Å²) in [5.74, 6) is 0. The third kappa shape index (κ3) is 1.80. The average Bonchev–Trinajstić information content (AvgIpc) is 2.75. The lowest BCUT2D eigenvalue weighted by Crippen LogP contribution is -2.14. The average molecular weight is 201 g/mol. The monoisotopic (exact) mass is 201 g/mol. The van der Waals surface area contributed by atoms with Gasteiger partial charge in [0.2, 0.25) is 0 Å². The number of nitrogens with zero attached hydrogens (tertiary/aromatic N) is 1. The molecule has 0 aliphatic carbocycles. The van der Waals surface area contributed by atoms with E-state index in [0.29, 0.717) is 0 Å². The van der Waals surface area contributed by atoms with Crippen LogP contribution in [0.25, 0.3) is 10.9 Å². The number of likely N-dealkylation sites (N-methyl/N-ethyl adjacent to an activating group) is 1. The van der Waals surface area contributed by atoms with Crippen molar-refractivity contribution in [3.63, 3.8) is 0 Å². The molecule has 2 aromatic rings. The normalized spacial score (nSPS) is 27.6. The van der Waals surface area contributed by atoms with E-state index < -0.39 is 57.2 Å². The van der Waals surface area contributed by atoms with Gasteiger partial charge in [-0.05, 0) is 32.0 Å². The summed E-state index contributed by atoms with van der Waals surface area (Å²) in [4.78, 5) is 2.18. The largest absolute Gasteiger partial charge is 0.361 e. The zero-order valence-corrected chi connectivity index (χ0v) is 7.15. The summed E-state index contributed by atoms with van der Waals surface area (Å²) in [7, 11) is 0. The highest BCUT2D eigenvalue weighted by Crippen LogP contribution is 2.17. The second-order valence-corrected chi connectivity index (χ2v) is 2.65. The molecule has 0 aliphatic rings. The Morgan fingerprint density at radius 3 is 3.21 bits per heavy atom. The molecule has 0 atom stereocenters. The quantitative estimate of drug-likeness (QED) is 0.807. The second-order valence-electron chi connectivity index (χ2n) is 2.65. The van der Waals surface area contributed by atoms with Crippen LogP contribution in [0.15, 0.2) is 30.3 Å². The zero-order valence-electron chi connectivity index (χ0n) is 20.2. The Morgan fingerprint density at radius 2 is 2.36 bits per heavy atom. The van der Waals surface area contributed by atoms with Gasteiger partial charge >= 0.3 is 0 Å². The van der Waals surface area contributed by atoms with Crippen LogP contribution in [0.5, 0.6) is 0 Å². The first kappa shape index (κ1) is 2.45. The number of benzene rings is 1. The standard InChI is InChI=1S/C12H16N2/c1-14(2)8-7-10-9-13-12-6-4-3-5-11(10)12/h3-6,9,13H,7-8H2,1-2H3/i1D3,2D3,3D,4D,5D,6D,8D2,9D. The third-order valence-corrected chi connectivity index (χ3v) is 1.74. The Morgan fingerprint density at radius 1 is 1.50 bits per heavy atom. The number of fused-ring (bicyclic) bond motifs is 1. The fourth-order valence-electron chi connectivity index (χ4n) is 1.12. The van der Waals surface area contributed by atoms with Crippen molar-refractivity contribution in [1.82, 2.24) is 9.88 Å². The van der Waals surface area contributed by atoms with Crippen molar-refractivity contribution in [1.29, 1.82) is 0 Å². The predicted molar refractivity (Wildman–Crippen MR) is 60.6 cm³/mol. The van der Waals surface area contributed by atoms with Crippen LogP contribution in [0.2, 0.25) is 0 Å². The Kier molecular flexibility index (Phi) is 0.672. The van der Waals surface area contributed by atoms with Gasteiger partial charge in [0, 0.05) is 34.5 Å². The maximum Gasteiger partial charge on any atom is 0.0819 e. The van der Waals surface area contributed by atoms with Crippen molar-refractivity contribution >= 4 is 10.9 Å². The molecule has 0 unspecified atom stereocenters. The highest BCUT2D eigenvalue weighted by molar-refractivity contribution is 5.83. The molecule has 0 spiro atoms. The summed E-state index contributed by atoms with van der Waals surface area (Å²) in [5.41, 5.74) is -0.369. The van der Waals surface area contributed by atoms with Gasteiger partial charge in [-0.3, -0.25) is 0 Å². The third-order valence-electron chi connectivity index (χ3n) is 1.74. The fourth-order valence-corrected chi connectivity index (χ4v) is 1.12. The molecule has 0 fully saturated rings. The molecule has 2 nitrogen and oxygen atoms in total. The molecule has 14 heavy (non-hydrogen) atoms. The van der Waals surface area contributed by atoms with Gasteiger partial charge in [0.15, 0.2) is 0 Å². The van der Waals surface area contributed by atoms with Crippen LogP contribution in [-0.2, 0) is 6.42 Å². The van der Waals surface area contributed by atoms with Gasteiger partial charge in [-0.2, -0.15) is 0 Å². The van der Waals surface area contributed by atoms with Crippen molar-refractivity contribution in [3.05, 3.63) is 35.9 Å². The topological polar surface area (TPSA) is 19.0 Å². The minimum Gasteiger partial charge on any atom is -0.361 e. The number of rotatable bonds is 3. The van der Waals surface area contributed by atoms with Gasteiger partial charge in [-0.1, -0.05) is 18.1 Å². The zero-order chi connectivity index (χ0) is 21.1. The van der Waals surface area contributed by atoms with Gasteiger partial charge in [-0.25, -0.2) is 0 Å². The van der Waals surface area contributed by atoms with Crippen LogP contribution >= 0.6 is 0 Å². The fraction of sp³-hybridized carbons (Fsp3) is 0.333. The number of para-hydroxylation sites is 1. The lowest BCUT2D eigenvalue weighted by Gasteiger charge is -2.07. The first-order valence-corrected chi connectivity index (χ1v) is 3.88. The van der Waals surface area contributed by atoms with Gasteiger partial charge in [0.25, 0.3) is 0 Å².